The Kier molecular flexibility index (Phi) is 2.31. The largest absolute Gasteiger partial charge is 0.312 e. The summed E-state index contributed by atoms with van der Waals surface area (Å²) < 4.78 is 1.94. The van der Waals surface area contributed by atoms with Crippen LogP contribution in [0.1, 0.15) is 6.04 Å². The molecule has 1 fully saturated rings. The molecule has 1 aliphatic rings. The lowest BCUT2D eigenvalue weighted by Crippen LogP contribution is -2.43. The van der Waals surface area contributed by atoms with Crippen LogP contribution in [0.4, 0.5) is 0 Å². The predicted octanol–water partition coefficient (Wildman–Crippen LogP) is 1.64. The molecule has 3 aromatic rings. The van der Waals surface area contributed by atoms with Crippen LogP contribution in [0.15, 0.2) is 42.9 Å². The minimum atomic E-state index is 0.434. The van der Waals surface area contributed by atoms with E-state index in [1.807, 2.05) is 35.4 Å². The van der Waals surface area contributed by atoms with Crippen LogP contribution in [-0.2, 0) is 0 Å². The number of benzene rings is 1. The maximum Gasteiger partial charge on any atom is 0.115 e. The number of aromatic nitrogens is 4. The average molecular weight is 251 g/mol. The number of rotatable bonds is 2. The van der Waals surface area contributed by atoms with Gasteiger partial charge in [-0.25, -0.2) is 4.68 Å². The fourth-order valence-electron chi connectivity index (χ4n) is 2.36. The van der Waals surface area contributed by atoms with E-state index in [1.165, 1.54) is 0 Å². The molecule has 0 unspecified atom stereocenters. The predicted molar refractivity (Wildman–Crippen MR) is 72.7 cm³/mol. The summed E-state index contributed by atoms with van der Waals surface area (Å²) in [7, 11) is 0. The van der Waals surface area contributed by atoms with Gasteiger partial charge in [-0.15, -0.1) is 5.10 Å². The number of pyridine rings is 1. The Hall–Kier alpha value is -2.27. The van der Waals surface area contributed by atoms with E-state index in [9.17, 15) is 0 Å². The third kappa shape index (κ3) is 1.70. The number of hydrogen-bond donors (Lipinski definition) is 1. The van der Waals surface area contributed by atoms with E-state index in [4.69, 9.17) is 0 Å². The Morgan fingerprint density at radius 3 is 2.89 bits per heavy atom. The molecule has 2 aromatic heterocycles. The quantitative estimate of drug-likeness (QED) is 0.752. The van der Waals surface area contributed by atoms with Crippen molar-refractivity contribution in [1.29, 1.82) is 0 Å². The highest BCUT2D eigenvalue weighted by Gasteiger charge is 2.20. The smallest absolute Gasteiger partial charge is 0.115 e. The van der Waals surface area contributed by atoms with E-state index in [2.05, 4.69) is 32.7 Å². The SMILES string of the molecule is c1ccc2c(-c3cn(C4CNC4)nn3)cncc2c1. The number of nitrogens with zero attached hydrogens (tertiary/aromatic N) is 4. The Balaban J connectivity index is 1.83. The van der Waals surface area contributed by atoms with Crippen molar-refractivity contribution in [2.24, 2.45) is 0 Å². The molecule has 0 bridgehead atoms. The molecular weight excluding hydrogens is 238 g/mol. The topological polar surface area (TPSA) is 55.6 Å². The molecule has 0 spiro atoms. The molecular formula is C14H13N5. The normalized spacial score (nSPS) is 15.6. The summed E-state index contributed by atoms with van der Waals surface area (Å²) >= 11 is 0. The molecule has 0 aliphatic carbocycles. The third-order valence-electron chi connectivity index (χ3n) is 3.59. The van der Waals surface area contributed by atoms with E-state index < -0.39 is 0 Å². The lowest BCUT2D eigenvalue weighted by atomic mass is 10.1. The van der Waals surface area contributed by atoms with Crippen molar-refractivity contribution in [3.63, 3.8) is 0 Å². The van der Waals surface area contributed by atoms with Crippen LogP contribution in [0.5, 0.6) is 0 Å². The van der Waals surface area contributed by atoms with Gasteiger partial charge in [-0.05, 0) is 5.39 Å². The minimum absolute atomic E-state index is 0.434. The van der Waals surface area contributed by atoms with Crippen LogP contribution in [0.2, 0.25) is 0 Å². The van der Waals surface area contributed by atoms with Gasteiger partial charge < -0.3 is 5.32 Å². The molecule has 1 saturated heterocycles. The maximum atomic E-state index is 4.29. The van der Waals surface area contributed by atoms with Crippen LogP contribution in [0, 0.1) is 0 Å². The van der Waals surface area contributed by atoms with Crippen molar-refractivity contribution < 1.29 is 0 Å². The highest BCUT2D eigenvalue weighted by atomic mass is 15.4. The molecule has 1 aliphatic heterocycles. The monoisotopic (exact) mass is 251 g/mol. The second kappa shape index (κ2) is 4.13. The zero-order valence-corrected chi connectivity index (χ0v) is 10.3. The van der Waals surface area contributed by atoms with Crippen molar-refractivity contribution in [3.8, 4) is 11.3 Å². The van der Waals surface area contributed by atoms with E-state index in [-0.39, 0.29) is 0 Å². The molecule has 19 heavy (non-hydrogen) atoms. The Bertz CT molecular complexity index is 724. The average Bonchev–Trinajstić information content (AvgIpc) is 2.85. The first kappa shape index (κ1) is 10.6. The summed E-state index contributed by atoms with van der Waals surface area (Å²) in [5.74, 6) is 0. The zero-order valence-electron chi connectivity index (χ0n) is 10.3. The second-order valence-electron chi connectivity index (χ2n) is 4.80. The van der Waals surface area contributed by atoms with Gasteiger partial charge in [-0.2, -0.15) is 0 Å². The summed E-state index contributed by atoms with van der Waals surface area (Å²) in [6.45, 7) is 1.94. The molecule has 5 heteroatoms. The van der Waals surface area contributed by atoms with E-state index in [1.54, 1.807) is 0 Å². The van der Waals surface area contributed by atoms with Crippen LogP contribution in [-0.4, -0.2) is 33.1 Å². The van der Waals surface area contributed by atoms with Crippen molar-refractivity contribution in [1.82, 2.24) is 25.3 Å². The standard InChI is InChI=1S/C14H13N5/c1-2-4-12-10(3-1)5-15-8-13(12)14-9-19(18-17-14)11-6-16-7-11/h1-5,8-9,11,16H,6-7H2. The molecule has 0 radical (unpaired) electrons. The lowest BCUT2D eigenvalue weighted by Gasteiger charge is -2.26. The fourth-order valence-corrected chi connectivity index (χ4v) is 2.36. The summed E-state index contributed by atoms with van der Waals surface area (Å²) in [5, 5.41) is 14.0. The zero-order chi connectivity index (χ0) is 12.7. The number of nitrogens with one attached hydrogen (secondary N) is 1. The molecule has 3 heterocycles. The Morgan fingerprint density at radius 2 is 2.05 bits per heavy atom. The lowest BCUT2D eigenvalue weighted by molar-refractivity contribution is 0.313. The molecule has 4 rings (SSSR count). The van der Waals surface area contributed by atoms with E-state index >= 15 is 0 Å². The van der Waals surface area contributed by atoms with Crippen LogP contribution in [0.25, 0.3) is 22.0 Å². The number of hydrogen-bond acceptors (Lipinski definition) is 4. The first-order valence-corrected chi connectivity index (χ1v) is 6.37. The van der Waals surface area contributed by atoms with Gasteiger partial charge in [0, 0.05) is 36.4 Å². The van der Waals surface area contributed by atoms with Gasteiger partial charge >= 0.3 is 0 Å². The highest BCUT2D eigenvalue weighted by Crippen LogP contribution is 2.26. The van der Waals surface area contributed by atoms with Gasteiger partial charge in [0.05, 0.1) is 12.2 Å². The molecule has 5 nitrogen and oxygen atoms in total. The molecule has 1 N–H and O–H groups in total. The minimum Gasteiger partial charge on any atom is -0.312 e. The first-order valence-electron chi connectivity index (χ1n) is 6.37. The Morgan fingerprint density at radius 1 is 1.16 bits per heavy atom. The summed E-state index contributed by atoms with van der Waals surface area (Å²) in [5.41, 5.74) is 1.92. The van der Waals surface area contributed by atoms with E-state index in [0.29, 0.717) is 6.04 Å². The van der Waals surface area contributed by atoms with Crippen molar-refractivity contribution in [2.75, 3.05) is 13.1 Å². The molecule has 0 amide bonds. The number of fused-ring (bicyclic) bond motifs is 1. The van der Waals surface area contributed by atoms with Crippen LogP contribution in [0.3, 0.4) is 0 Å². The van der Waals surface area contributed by atoms with Gasteiger partial charge in [-0.1, -0.05) is 29.5 Å². The van der Waals surface area contributed by atoms with Crippen molar-refractivity contribution in [3.05, 3.63) is 42.9 Å². The maximum absolute atomic E-state index is 4.29. The molecule has 94 valence electrons. The second-order valence-corrected chi connectivity index (χ2v) is 4.80. The third-order valence-corrected chi connectivity index (χ3v) is 3.59. The fraction of sp³-hybridized carbons (Fsp3) is 0.214. The van der Waals surface area contributed by atoms with Crippen LogP contribution >= 0.6 is 0 Å². The van der Waals surface area contributed by atoms with Gasteiger partial charge in [0.15, 0.2) is 0 Å². The van der Waals surface area contributed by atoms with Gasteiger partial charge in [0.1, 0.15) is 5.69 Å². The van der Waals surface area contributed by atoms with Gasteiger partial charge in [0.25, 0.3) is 0 Å². The van der Waals surface area contributed by atoms with Gasteiger partial charge in [-0.3, -0.25) is 4.98 Å². The van der Waals surface area contributed by atoms with Gasteiger partial charge in [0.2, 0.25) is 0 Å². The molecule has 0 saturated carbocycles. The van der Waals surface area contributed by atoms with E-state index in [0.717, 1.165) is 35.1 Å². The summed E-state index contributed by atoms with van der Waals surface area (Å²) in [6.07, 6.45) is 5.74. The van der Waals surface area contributed by atoms with Crippen molar-refractivity contribution in [2.45, 2.75) is 6.04 Å². The van der Waals surface area contributed by atoms with Crippen LogP contribution < -0.4 is 5.32 Å². The first-order chi connectivity index (χ1) is 9.42. The summed E-state index contributed by atoms with van der Waals surface area (Å²) in [4.78, 5) is 4.29. The van der Waals surface area contributed by atoms with Crippen molar-refractivity contribution >= 4 is 10.8 Å². The highest BCUT2D eigenvalue weighted by molar-refractivity contribution is 5.94. The Labute approximate surface area is 110 Å². The molecule has 0 atom stereocenters. The summed E-state index contributed by atoms with van der Waals surface area (Å²) in [6, 6.07) is 8.64. The molecule has 1 aromatic carbocycles.